The average molecular weight is 251 g/mol. The summed E-state index contributed by atoms with van der Waals surface area (Å²) in [4.78, 5) is 11.3. The van der Waals surface area contributed by atoms with Crippen LogP contribution in [0.4, 0.5) is 0 Å². The number of aliphatic hydroxyl groups excluding tert-OH is 1. The average Bonchev–Trinajstić information content (AvgIpc) is 2.34. The van der Waals surface area contributed by atoms with Crippen molar-refractivity contribution in [3.05, 3.63) is 34.9 Å². The molecule has 0 aliphatic rings. The third-order valence-electron chi connectivity index (χ3n) is 3.11. The van der Waals surface area contributed by atoms with Gasteiger partial charge in [0, 0.05) is 6.04 Å². The quantitative estimate of drug-likeness (QED) is 0.778. The number of aliphatic hydroxyl groups is 1. The summed E-state index contributed by atoms with van der Waals surface area (Å²) in [6.07, 6.45) is -0.587. The summed E-state index contributed by atoms with van der Waals surface area (Å²) < 4.78 is 4.63. The Morgan fingerprint density at radius 2 is 2.11 bits per heavy atom. The van der Waals surface area contributed by atoms with Gasteiger partial charge in [-0.05, 0) is 32.0 Å². The minimum atomic E-state index is -0.727. The zero-order valence-electron chi connectivity index (χ0n) is 11.4. The van der Waals surface area contributed by atoms with Crippen LogP contribution in [-0.4, -0.2) is 31.3 Å². The minimum Gasteiger partial charge on any atom is -0.469 e. The molecular weight excluding hydrogens is 230 g/mol. The Morgan fingerprint density at radius 3 is 2.61 bits per heavy atom. The minimum absolute atomic E-state index is 0.140. The number of rotatable bonds is 5. The van der Waals surface area contributed by atoms with E-state index >= 15 is 0 Å². The van der Waals surface area contributed by atoms with Crippen molar-refractivity contribution in [1.29, 1.82) is 0 Å². The molecule has 0 fully saturated rings. The second-order valence-electron chi connectivity index (χ2n) is 4.48. The van der Waals surface area contributed by atoms with E-state index in [0.717, 1.165) is 16.7 Å². The Hall–Kier alpha value is -1.39. The summed E-state index contributed by atoms with van der Waals surface area (Å²) in [5, 5.41) is 13.3. The molecule has 2 unspecified atom stereocenters. The first-order valence-corrected chi connectivity index (χ1v) is 5.99. The summed E-state index contributed by atoms with van der Waals surface area (Å²) in [5.41, 5.74) is 3.01. The van der Waals surface area contributed by atoms with Crippen molar-refractivity contribution in [3.63, 3.8) is 0 Å². The van der Waals surface area contributed by atoms with E-state index < -0.39 is 6.10 Å². The highest BCUT2D eigenvalue weighted by Gasteiger charge is 2.23. The van der Waals surface area contributed by atoms with Gasteiger partial charge in [0.15, 0.2) is 0 Å². The number of hydrogen-bond donors (Lipinski definition) is 2. The summed E-state index contributed by atoms with van der Waals surface area (Å²) in [6, 6.07) is 5.52. The first-order valence-electron chi connectivity index (χ1n) is 5.99. The van der Waals surface area contributed by atoms with Crippen LogP contribution in [0.5, 0.6) is 0 Å². The molecule has 0 aromatic heterocycles. The van der Waals surface area contributed by atoms with Gasteiger partial charge in [0.1, 0.15) is 0 Å². The Bertz CT molecular complexity index is 418. The molecule has 0 amide bonds. The number of likely N-dealkylation sites (N-methyl/N-ethyl adjacent to an activating group) is 1. The number of nitrogens with one attached hydrogen (secondary N) is 1. The molecule has 4 nitrogen and oxygen atoms in total. The van der Waals surface area contributed by atoms with Crippen molar-refractivity contribution >= 4 is 5.97 Å². The summed E-state index contributed by atoms with van der Waals surface area (Å²) in [5.74, 6) is -0.335. The molecule has 1 rings (SSSR count). The molecule has 18 heavy (non-hydrogen) atoms. The lowest BCUT2D eigenvalue weighted by Gasteiger charge is -2.23. The van der Waals surface area contributed by atoms with Crippen molar-refractivity contribution in [3.8, 4) is 0 Å². The summed E-state index contributed by atoms with van der Waals surface area (Å²) in [7, 11) is 3.07. The van der Waals surface area contributed by atoms with Gasteiger partial charge < -0.3 is 15.2 Å². The van der Waals surface area contributed by atoms with Gasteiger partial charge in [-0.2, -0.15) is 0 Å². The van der Waals surface area contributed by atoms with Crippen LogP contribution in [0.3, 0.4) is 0 Å². The van der Waals surface area contributed by atoms with E-state index in [4.69, 9.17) is 0 Å². The molecule has 0 saturated heterocycles. The van der Waals surface area contributed by atoms with Crippen LogP contribution in [0.15, 0.2) is 18.2 Å². The zero-order chi connectivity index (χ0) is 13.7. The van der Waals surface area contributed by atoms with Crippen LogP contribution in [0.25, 0.3) is 0 Å². The molecule has 0 saturated carbocycles. The Morgan fingerprint density at radius 1 is 1.44 bits per heavy atom. The fourth-order valence-corrected chi connectivity index (χ4v) is 2.01. The smallest absolute Gasteiger partial charge is 0.307 e. The molecule has 1 aromatic carbocycles. The Kier molecular flexibility index (Phi) is 5.31. The third-order valence-corrected chi connectivity index (χ3v) is 3.11. The third kappa shape index (κ3) is 3.55. The lowest BCUT2D eigenvalue weighted by molar-refractivity contribution is -0.142. The van der Waals surface area contributed by atoms with Gasteiger partial charge in [-0.3, -0.25) is 4.79 Å². The molecular formula is C14H21NO3. The summed E-state index contributed by atoms with van der Waals surface area (Å²) in [6.45, 7) is 3.96. The normalized spacial score (nSPS) is 14.1. The number of hydrogen-bond acceptors (Lipinski definition) is 4. The Labute approximate surface area is 108 Å². The van der Waals surface area contributed by atoms with E-state index in [1.165, 1.54) is 7.11 Å². The molecule has 0 heterocycles. The van der Waals surface area contributed by atoms with Crippen LogP contribution in [-0.2, 0) is 9.53 Å². The van der Waals surface area contributed by atoms with Gasteiger partial charge in [-0.15, -0.1) is 0 Å². The highest BCUT2D eigenvalue weighted by molar-refractivity contribution is 5.70. The number of ether oxygens (including phenoxy) is 1. The Balaban J connectivity index is 2.89. The maximum atomic E-state index is 11.3. The molecule has 2 atom stereocenters. The predicted molar refractivity (Wildman–Crippen MR) is 70.4 cm³/mol. The first kappa shape index (κ1) is 14.7. The molecule has 0 radical (unpaired) electrons. The van der Waals surface area contributed by atoms with E-state index in [0.29, 0.717) is 0 Å². The molecule has 0 spiro atoms. The second kappa shape index (κ2) is 6.52. The number of aryl methyl sites for hydroxylation is 2. The van der Waals surface area contributed by atoms with Gasteiger partial charge >= 0.3 is 5.97 Å². The van der Waals surface area contributed by atoms with Crippen LogP contribution in [0.2, 0.25) is 0 Å². The maximum Gasteiger partial charge on any atom is 0.307 e. The summed E-state index contributed by atoms with van der Waals surface area (Å²) >= 11 is 0. The highest BCUT2D eigenvalue weighted by atomic mass is 16.5. The number of carbonyl (C=O) groups excluding carboxylic acids is 1. The van der Waals surface area contributed by atoms with E-state index in [9.17, 15) is 9.90 Å². The zero-order valence-corrected chi connectivity index (χ0v) is 11.4. The fourth-order valence-electron chi connectivity index (χ4n) is 2.01. The number of carbonyl (C=O) groups is 1. The van der Waals surface area contributed by atoms with Crippen LogP contribution >= 0.6 is 0 Å². The highest BCUT2D eigenvalue weighted by Crippen LogP contribution is 2.23. The van der Waals surface area contributed by atoms with Crippen molar-refractivity contribution in [1.82, 2.24) is 5.32 Å². The number of methoxy groups -OCH3 is 1. The van der Waals surface area contributed by atoms with Crippen molar-refractivity contribution < 1.29 is 14.6 Å². The van der Waals surface area contributed by atoms with Crippen LogP contribution in [0, 0.1) is 13.8 Å². The van der Waals surface area contributed by atoms with Crippen molar-refractivity contribution in [2.75, 3.05) is 14.2 Å². The van der Waals surface area contributed by atoms with Crippen molar-refractivity contribution in [2.45, 2.75) is 32.4 Å². The standard InChI is InChI=1S/C14H21NO3/c1-9-5-6-11(10(2)7-9)14(17)12(15-3)8-13(16)18-4/h5-7,12,14-15,17H,8H2,1-4H3. The van der Waals surface area contributed by atoms with Crippen LogP contribution < -0.4 is 5.32 Å². The molecule has 0 bridgehead atoms. The molecule has 4 heteroatoms. The largest absolute Gasteiger partial charge is 0.469 e. The van der Waals surface area contributed by atoms with E-state index in [1.54, 1.807) is 7.05 Å². The predicted octanol–water partition coefficient (Wildman–Crippen LogP) is 1.49. The molecule has 2 N–H and O–H groups in total. The number of esters is 1. The molecule has 0 aliphatic heterocycles. The molecule has 100 valence electrons. The maximum absolute atomic E-state index is 11.3. The second-order valence-corrected chi connectivity index (χ2v) is 4.48. The van der Waals surface area contributed by atoms with Gasteiger partial charge in [0.25, 0.3) is 0 Å². The van der Waals surface area contributed by atoms with Crippen LogP contribution in [0.1, 0.15) is 29.2 Å². The van der Waals surface area contributed by atoms with Crippen molar-refractivity contribution in [2.24, 2.45) is 0 Å². The van der Waals surface area contributed by atoms with Gasteiger partial charge in [-0.25, -0.2) is 0 Å². The monoisotopic (exact) mass is 251 g/mol. The van der Waals surface area contributed by atoms with E-state index in [1.807, 2.05) is 32.0 Å². The molecule has 1 aromatic rings. The SMILES string of the molecule is CNC(CC(=O)OC)C(O)c1ccc(C)cc1C. The topological polar surface area (TPSA) is 58.6 Å². The fraction of sp³-hybridized carbons (Fsp3) is 0.500. The number of benzene rings is 1. The first-order chi connectivity index (χ1) is 8.49. The lowest BCUT2D eigenvalue weighted by atomic mass is 9.95. The molecule has 0 aliphatic carbocycles. The van der Waals surface area contributed by atoms with E-state index in [2.05, 4.69) is 10.1 Å². The van der Waals surface area contributed by atoms with Gasteiger partial charge in [-0.1, -0.05) is 23.8 Å². The van der Waals surface area contributed by atoms with E-state index in [-0.39, 0.29) is 18.4 Å². The van der Waals surface area contributed by atoms with Gasteiger partial charge in [0.05, 0.1) is 19.6 Å². The lowest BCUT2D eigenvalue weighted by Crippen LogP contribution is -2.35. The van der Waals surface area contributed by atoms with Gasteiger partial charge in [0.2, 0.25) is 0 Å².